The van der Waals surface area contributed by atoms with Gasteiger partial charge in [0.2, 0.25) is 0 Å². The molecule has 0 heterocycles. The molecular weight excluding hydrogens is 290 g/mol. The maximum atomic E-state index is 10.2. The predicted octanol–water partition coefficient (Wildman–Crippen LogP) is 4.08. The molecule has 0 bridgehead atoms. The topological polar surface area (TPSA) is 23.5 Å². The standard InChI is InChI=1S/C19H25NOS/c1-3-20(4-2)15-17(21)14-16-10-12-19(13-11-16)22-18-8-6-5-7-9-18/h5-13,17,21H,3-4,14-15H2,1-2H3. The lowest BCUT2D eigenvalue weighted by Gasteiger charge is -2.21. The lowest BCUT2D eigenvalue weighted by molar-refractivity contribution is 0.118. The molecule has 0 saturated carbocycles. The minimum atomic E-state index is -0.299. The second-order valence-corrected chi connectivity index (χ2v) is 6.55. The highest BCUT2D eigenvalue weighted by molar-refractivity contribution is 7.99. The van der Waals surface area contributed by atoms with Gasteiger partial charge in [-0.2, -0.15) is 0 Å². The molecule has 1 atom stereocenters. The van der Waals surface area contributed by atoms with E-state index in [2.05, 4.69) is 67.3 Å². The smallest absolute Gasteiger partial charge is 0.0707 e. The first-order valence-corrected chi connectivity index (χ1v) is 8.75. The summed E-state index contributed by atoms with van der Waals surface area (Å²) in [6.45, 7) is 6.98. The van der Waals surface area contributed by atoms with Crippen molar-refractivity contribution in [3.8, 4) is 0 Å². The monoisotopic (exact) mass is 315 g/mol. The Morgan fingerprint density at radius 3 is 2.09 bits per heavy atom. The van der Waals surface area contributed by atoms with E-state index in [0.29, 0.717) is 6.42 Å². The van der Waals surface area contributed by atoms with Crippen molar-refractivity contribution < 1.29 is 5.11 Å². The average Bonchev–Trinajstić information content (AvgIpc) is 2.55. The second kappa shape index (κ2) is 8.99. The summed E-state index contributed by atoms with van der Waals surface area (Å²) in [5.41, 5.74) is 1.19. The van der Waals surface area contributed by atoms with Crippen molar-refractivity contribution in [2.45, 2.75) is 36.2 Å². The molecule has 0 radical (unpaired) electrons. The Hall–Kier alpha value is -1.29. The van der Waals surface area contributed by atoms with Gasteiger partial charge in [-0.3, -0.25) is 0 Å². The summed E-state index contributed by atoms with van der Waals surface area (Å²) in [6, 6.07) is 18.9. The molecule has 1 N–H and O–H groups in total. The molecular formula is C19H25NOS. The van der Waals surface area contributed by atoms with E-state index in [0.717, 1.165) is 19.6 Å². The Morgan fingerprint density at radius 2 is 1.50 bits per heavy atom. The average molecular weight is 315 g/mol. The van der Waals surface area contributed by atoms with E-state index in [1.807, 2.05) is 6.07 Å². The van der Waals surface area contributed by atoms with Crippen LogP contribution < -0.4 is 0 Å². The fourth-order valence-electron chi connectivity index (χ4n) is 2.43. The fourth-order valence-corrected chi connectivity index (χ4v) is 3.27. The molecule has 1 unspecified atom stereocenters. The zero-order valence-corrected chi connectivity index (χ0v) is 14.2. The summed E-state index contributed by atoms with van der Waals surface area (Å²) in [7, 11) is 0. The van der Waals surface area contributed by atoms with Crippen LogP contribution in [-0.4, -0.2) is 35.7 Å². The van der Waals surface area contributed by atoms with Gasteiger partial charge in [0.1, 0.15) is 0 Å². The van der Waals surface area contributed by atoms with Gasteiger partial charge in [0.25, 0.3) is 0 Å². The van der Waals surface area contributed by atoms with Gasteiger partial charge in [0.05, 0.1) is 6.10 Å². The molecule has 3 heteroatoms. The zero-order valence-electron chi connectivity index (χ0n) is 13.4. The number of nitrogens with zero attached hydrogens (tertiary/aromatic N) is 1. The van der Waals surface area contributed by atoms with Gasteiger partial charge >= 0.3 is 0 Å². The molecule has 0 amide bonds. The zero-order chi connectivity index (χ0) is 15.8. The number of hydrogen-bond donors (Lipinski definition) is 1. The van der Waals surface area contributed by atoms with E-state index in [4.69, 9.17) is 0 Å². The third-order valence-corrected chi connectivity index (χ3v) is 4.75. The highest BCUT2D eigenvalue weighted by Crippen LogP contribution is 2.27. The summed E-state index contributed by atoms with van der Waals surface area (Å²) < 4.78 is 0. The Kier molecular flexibility index (Phi) is 6.97. The van der Waals surface area contributed by atoms with Crippen molar-refractivity contribution in [2.24, 2.45) is 0 Å². The molecule has 2 aromatic rings. The maximum absolute atomic E-state index is 10.2. The Bertz CT molecular complexity index is 537. The van der Waals surface area contributed by atoms with Crippen LogP contribution in [0.4, 0.5) is 0 Å². The normalized spacial score (nSPS) is 12.5. The molecule has 2 aromatic carbocycles. The third-order valence-electron chi connectivity index (χ3n) is 3.74. The minimum absolute atomic E-state index is 0.299. The van der Waals surface area contributed by atoms with Gasteiger partial charge in [-0.15, -0.1) is 0 Å². The maximum Gasteiger partial charge on any atom is 0.0707 e. The Labute approximate surface area is 138 Å². The first-order valence-electron chi connectivity index (χ1n) is 7.93. The van der Waals surface area contributed by atoms with E-state index in [-0.39, 0.29) is 6.10 Å². The summed E-state index contributed by atoms with van der Waals surface area (Å²) in [4.78, 5) is 4.73. The number of aliphatic hydroxyl groups is 1. The van der Waals surface area contributed by atoms with Crippen molar-refractivity contribution in [1.29, 1.82) is 0 Å². The second-order valence-electron chi connectivity index (χ2n) is 5.40. The molecule has 0 spiro atoms. The highest BCUT2D eigenvalue weighted by Gasteiger charge is 2.09. The Morgan fingerprint density at radius 1 is 0.909 bits per heavy atom. The number of rotatable bonds is 8. The molecule has 118 valence electrons. The van der Waals surface area contributed by atoms with Crippen LogP contribution in [0.2, 0.25) is 0 Å². The van der Waals surface area contributed by atoms with Crippen LogP contribution in [0.25, 0.3) is 0 Å². The summed E-state index contributed by atoms with van der Waals surface area (Å²) in [6.07, 6.45) is 0.416. The predicted molar refractivity (Wildman–Crippen MR) is 94.5 cm³/mol. The van der Waals surface area contributed by atoms with Gasteiger partial charge in [-0.05, 0) is 49.3 Å². The number of likely N-dealkylation sites (N-methyl/N-ethyl adjacent to an activating group) is 1. The number of hydrogen-bond acceptors (Lipinski definition) is 3. The van der Waals surface area contributed by atoms with E-state index in [9.17, 15) is 5.11 Å². The van der Waals surface area contributed by atoms with E-state index < -0.39 is 0 Å². The van der Waals surface area contributed by atoms with Crippen LogP contribution >= 0.6 is 11.8 Å². The van der Waals surface area contributed by atoms with Gasteiger partial charge in [0, 0.05) is 16.3 Å². The van der Waals surface area contributed by atoms with Gasteiger partial charge < -0.3 is 10.0 Å². The molecule has 0 aliphatic rings. The third kappa shape index (κ3) is 5.48. The summed E-state index contributed by atoms with van der Waals surface area (Å²) in [5, 5.41) is 10.2. The lowest BCUT2D eigenvalue weighted by Crippen LogP contribution is -2.33. The van der Waals surface area contributed by atoms with Crippen LogP contribution in [0.15, 0.2) is 64.4 Å². The summed E-state index contributed by atoms with van der Waals surface area (Å²) in [5.74, 6) is 0. The molecule has 2 rings (SSSR count). The van der Waals surface area contributed by atoms with E-state index in [1.54, 1.807) is 11.8 Å². The molecule has 0 aromatic heterocycles. The first-order chi connectivity index (χ1) is 10.7. The van der Waals surface area contributed by atoms with Crippen molar-refractivity contribution >= 4 is 11.8 Å². The molecule has 0 saturated heterocycles. The van der Waals surface area contributed by atoms with Crippen LogP contribution in [0.5, 0.6) is 0 Å². The molecule has 22 heavy (non-hydrogen) atoms. The van der Waals surface area contributed by atoms with E-state index >= 15 is 0 Å². The van der Waals surface area contributed by atoms with Crippen LogP contribution in [0.1, 0.15) is 19.4 Å². The van der Waals surface area contributed by atoms with Crippen molar-refractivity contribution in [2.75, 3.05) is 19.6 Å². The van der Waals surface area contributed by atoms with Crippen molar-refractivity contribution in [1.82, 2.24) is 4.90 Å². The Balaban J connectivity index is 1.89. The number of benzene rings is 2. The van der Waals surface area contributed by atoms with Crippen LogP contribution in [-0.2, 0) is 6.42 Å². The molecule has 0 aliphatic heterocycles. The van der Waals surface area contributed by atoms with Gasteiger partial charge in [0.15, 0.2) is 0 Å². The van der Waals surface area contributed by atoms with Gasteiger partial charge in [-0.1, -0.05) is 55.9 Å². The van der Waals surface area contributed by atoms with Crippen molar-refractivity contribution in [3.63, 3.8) is 0 Å². The van der Waals surface area contributed by atoms with Gasteiger partial charge in [-0.25, -0.2) is 0 Å². The largest absolute Gasteiger partial charge is 0.391 e. The molecule has 2 nitrogen and oxygen atoms in total. The minimum Gasteiger partial charge on any atom is -0.391 e. The van der Waals surface area contributed by atoms with Crippen molar-refractivity contribution in [3.05, 3.63) is 60.2 Å². The first kappa shape index (κ1) is 17.1. The SMILES string of the molecule is CCN(CC)CC(O)Cc1ccc(Sc2ccccc2)cc1. The summed E-state index contributed by atoms with van der Waals surface area (Å²) >= 11 is 1.76. The van der Waals surface area contributed by atoms with Crippen LogP contribution in [0.3, 0.4) is 0 Å². The number of aliphatic hydroxyl groups excluding tert-OH is 1. The van der Waals surface area contributed by atoms with Crippen LogP contribution in [0, 0.1) is 0 Å². The molecule has 0 fully saturated rings. The van der Waals surface area contributed by atoms with E-state index in [1.165, 1.54) is 15.4 Å². The molecule has 0 aliphatic carbocycles. The lowest BCUT2D eigenvalue weighted by atomic mass is 10.1. The highest BCUT2D eigenvalue weighted by atomic mass is 32.2. The quantitative estimate of drug-likeness (QED) is 0.794. The fraction of sp³-hybridized carbons (Fsp3) is 0.368.